The summed E-state index contributed by atoms with van der Waals surface area (Å²) in [5.41, 5.74) is 4.24. The van der Waals surface area contributed by atoms with Crippen molar-refractivity contribution >= 4 is 28.9 Å². The lowest BCUT2D eigenvalue weighted by Crippen LogP contribution is -2.30. The molecule has 0 saturated carbocycles. The molecule has 1 aromatic heterocycles. The molecule has 3 aromatic rings. The topological polar surface area (TPSA) is 68.3 Å². The van der Waals surface area contributed by atoms with Crippen LogP contribution >= 0.6 is 11.3 Å². The fourth-order valence-electron chi connectivity index (χ4n) is 2.66. The Morgan fingerprint density at radius 3 is 2.50 bits per heavy atom. The van der Waals surface area contributed by atoms with Gasteiger partial charge in [0.1, 0.15) is 9.88 Å². The molecule has 0 spiro atoms. The van der Waals surface area contributed by atoms with Crippen LogP contribution < -0.4 is 5.32 Å². The molecule has 0 bridgehead atoms. The molecule has 3 rings (SSSR count). The Labute approximate surface area is 168 Å². The zero-order chi connectivity index (χ0) is 20.3. The van der Waals surface area contributed by atoms with Gasteiger partial charge >= 0.3 is 5.97 Å². The fraction of sp³-hybridized carbons (Fsp3) is 0.227. The minimum absolute atomic E-state index is 0.368. The van der Waals surface area contributed by atoms with Crippen LogP contribution in [-0.2, 0) is 9.53 Å². The zero-order valence-electron chi connectivity index (χ0n) is 16.3. The van der Waals surface area contributed by atoms with Crippen LogP contribution in [-0.4, -0.2) is 23.0 Å². The third-order valence-electron chi connectivity index (χ3n) is 4.31. The van der Waals surface area contributed by atoms with Crippen molar-refractivity contribution in [3.63, 3.8) is 0 Å². The molecule has 144 valence electrons. The van der Waals surface area contributed by atoms with Crippen LogP contribution in [0.2, 0.25) is 0 Å². The minimum Gasteiger partial charge on any atom is -0.448 e. The largest absolute Gasteiger partial charge is 0.448 e. The van der Waals surface area contributed by atoms with Gasteiger partial charge in [-0.15, -0.1) is 11.3 Å². The van der Waals surface area contributed by atoms with Crippen LogP contribution in [0, 0.1) is 20.8 Å². The van der Waals surface area contributed by atoms with E-state index in [0.29, 0.717) is 16.3 Å². The Morgan fingerprint density at radius 2 is 1.79 bits per heavy atom. The van der Waals surface area contributed by atoms with E-state index < -0.39 is 12.1 Å². The van der Waals surface area contributed by atoms with E-state index in [1.54, 1.807) is 13.8 Å². The normalized spacial score (nSPS) is 11.7. The summed E-state index contributed by atoms with van der Waals surface area (Å²) < 4.78 is 5.39. The van der Waals surface area contributed by atoms with Gasteiger partial charge in [0.2, 0.25) is 0 Å². The number of esters is 1. The fourth-order valence-corrected chi connectivity index (χ4v) is 3.62. The summed E-state index contributed by atoms with van der Waals surface area (Å²) in [5, 5.41) is 3.57. The van der Waals surface area contributed by atoms with Crippen LogP contribution in [0.4, 0.5) is 5.69 Å². The lowest BCUT2D eigenvalue weighted by atomic mass is 10.1. The summed E-state index contributed by atoms with van der Waals surface area (Å²) in [6.07, 6.45) is -0.922. The molecule has 0 unspecified atom stereocenters. The van der Waals surface area contributed by atoms with Gasteiger partial charge in [-0.25, -0.2) is 9.78 Å². The number of ether oxygens (including phenoxy) is 1. The molecule has 5 nitrogen and oxygen atoms in total. The van der Waals surface area contributed by atoms with Gasteiger partial charge in [-0.05, 0) is 44.9 Å². The highest BCUT2D eigenvalue weighted by molar-refractivity contribution is 7.17. The first-order valence-corrected chi connectivity index (χ1v) is 9.78. The van der Waals surface area contributed by atoms with Crippen molar-refractivity contribution in [3.05, 3.63) is 70.2 Å². The summed E-state index contributed by atoms with van der Waals surface area (Å²) >= 11 is 1.27. The monoisotopic (exact) mass is 394 g/mol. The second-order valence-electron chi connectivity index (χ2n) is 6.65. The van der Waals surface area contributed by atoms with Crippen molar-refractivity contribution in [2.75, 3.05) is 5.32 Å². The molecule has 0 aliphatic heterocycles. The maximum atomic E-state index is 12.6. The molecule has 1 amide bonds. The Hall–Kier alpha value is -2.99. The first-order chi connectivity index (χ1) is 13.3. The molecule has 0 saturated heterocycles. The molecule has 6 heteroatoms. The number of aryl methyl sites for hydroxylation is 3. The van der Waals surface area contributed by atoms with Crippen LogP contribution in [0.5, 0.6) is 0 Å². The van der Waals surface area contributed by atoms with Gasteiger partial charge in [0.05, 0.1) is 5.69 Å². The minimum atomic E-state index is -0.922. The second kappa shape index (κ2) is 8.35. The summed E-state index contributed by atoms with van der Waals surface area (Å²) in [4.78, 5) is 29.9. The molecule has 28 heavy (non-hydrogen) atoms. The van der Waals surface area contributed by atoms with E-state index in [4.69, 9.17) is 4.74 Å². The lowest BCUT2D eigenvalue weighted by molar-refractivity contribution is -0.123. The summed E-state index contributed by atoms with van der Waals surface area (Å²) in [5.74, 6) is -0.909. The van der Waals surface area contributed by atoms with Gasteiger partial charge in [-0.1, -0.05) is 42.5 Å². The van der Waals surface area contributed by atoms with Crippen molar-refractivity contribution in [1.29, 1.82) is 0 Å². The van der Waals surface area contributed by atoms with Gasteiger partial charge < -0.3 is 10.1 Å². The van der Waals surface area contributed by atoms with Gasteiger partial charge in [0.15, 0.2) is 6.10 Å². The molecule has 0 fully saturated rings. The Kier molecular flexibility index (Phi) is 5.90. The van der Waals surface area contributed by atoms with E-state index in [0.717, 1.165) is 21.7 Å². The number of anilines is 1. The number of hydrogen-bond acceptors (Lipinski definition) is 5. The number of nitrogens with zero attached hydrogens (tertiary/aromatic N) is 1. The lowest BCUT2D eigenvalue weighted by Gasteiger charge is -2.14. The smallest absolute Gasteiger partial charge is 0.351 e. The van der Waals surface area contributed by atoms with Gasteiger partial charge in [0.25, 0.3) is 5.91 Å². The van der Waals surface area contributed by atoms with Crippen LogP contribution in [0.3, 0.4) is 0 Å². The van der Waals surface area contributed by atoms with Crippen molar-refractivity contribution in [2.45, 2.75) is 33.8 Å². The maximum Gasteiger partial charge on any atom is 0.351 e. The van der Waals surface area contributed by atoms with E-state index in [9.17, 15) is 9.59 Å². The first-order valence-electron chi connectivity index (χ1n) is 8.97. The first kappa shape index (κ1) is 19.8. The SMILES string of the molecule is Cc1ccc(C)c(NC(=O)[C@H](C)OC(=O)c2sc(-c3ccccc3)nc2C)c1. The molecule has 1 N–H and O–H groups in total. The van der Waals surface area contributed by atoms with E-state index in [1.165, 1.54) is 11.3 Å². The maximum absolute atomic E-state index is 12.6. The highest BCUT2D eigenvalue weighted by atomic mass is 32.1. The summed E-state index contributed by atoms with van der Waals surface area (Å²) in [6, 6.07) is 15.4. The Balaban J connectivity index is 1.69. The molecule has 2 aromatic carbocycles. The number of benzene rings is 2. The van der Waals surface area contributed by atoms with E-state index in [2.05, 4.69) is 10.3 Å². The van der Waals surface area contributed by atoms with Gasteiger partial charge in [-0.2, -0.15) is 0 Å². The third kappa shape index (κ3) is 4.46. The number of amides is 1. The predicted octanol–water partition coefficient (Wildman–Crippen LogP) is 4.92. The molecule has 1 atom stereocenters. The number of aromatic nitrogens is 1. The van der Waals surface area contributed by atoms with E-state index >= 15 is 0 Å². The van der Waals surface area contributed by atoms with Crippen molar-refractivity contribution in [1.82, 2.24) is 4.98 Å². The number of nitrogens with one attached hydrogen (secondary N) is 1. The highest BCUT2D eigenvalue weighted by Gasteiger charge is 2.23. The number of carbonyl (C=O) groups excluding carboxylic acids is 2. The summed E-state index contributed by atoms with van der Waals surface area (Å²) in [6.45, 7) is 7.19. The predicted molar refractivity (Wildman–Crippen MR) is 112 cm³/mol. The average Bonchev–Trinajstić information content (AvgIpc) is 3.07. The quantitative estimate of drug-likeness (QED) is 0.624. The summed E-state index contributed by atoms with van der Waals surface area (Å²) in [7, 11) is 0. The average molecular weight is 394 g/mol. The van der Waals surface area contributed by atoms with Crippen molar-refractivity contribution in [2.24, 2.45) is 0 Å². The number of hydrogen-bond donors (Lipinski definition) is 1. The number of rotatable bonds is 5. The number of thiazole rings is 1. The molecule has 1 heterocycles. The van der Waals surface area contributed by atoms with Crippen molar-refractivity contribution < 1.29 is 14.3 Å². The third-order valence-corrected chi connectivity index (χ3v) is 5.49. The van der Waals surface area contributed by atoms with Gasteiger partial charge in [0, 0.05) is 11.3 Å². The van der Waals surface area contributed by atoms with Crippen LogP contribution in [0.25, 0.3) is 10.6 Å². The van der Waals surface area contributed by atoms with E-state index in [1.807, 2.05) is 62.4 Å². The highest BCUT2D eigenvalue weighted by Crippen LogP contribution is 2.28. The second-order valence-corrected chi connectivity index (χ2v) is 7.65. The molecule has 0 radical (unpaired) electrons. The van der Waals surface area contributed by atoms with Crippen LogP contribution in [0.15, 0.2) is 48.5 Å². The molecule has 0 aliphatic rings. The number of carbonyl (C=O) groups is 2. The van der Waals surface area contributed by atoms with E-state index in [-0.39, 0.29) is 5.91 Å². The van der Waals surface area contributed by atoms with Gasteiger partial charge in [-0.3, -0.25) is 4.79 Å². The zero-order valence-corrected chi connectivity index (χ0v) is 17.1. The Morgan fingerprint density at radius 1 is 1.07 bits per heavy atom. The molecular weight excluding hydrogens is 372 g/mol. The Bertz CT molecular complexity index is 1010. The molecular formula is C22H22N2O3S. The molecule has 0 aliphatic carbocycles. The van der Waals surface area contributed by atoms with Crippen molar-refractivity contribution in [3.8, 4) is 10.6 Å². The van der Waals surface area contributed by atoms with Crippen LogP contribution in [0.1, 0.15) is 33.4 Å². The standard InChI is InChI=1S/C22H22N2O3S/c1-13-10-11-14(2)18(12-13)24-20(25)16(4)27-22(26)19-15(3)23-21(28-19)17-8-6-5-7-9-17/h5-12,16H,1-4H3,(H,24,25)/t16-/m0/s1.